The molecule has 2 heterocycles. The van der Waals surface area contributed by atoms with E-state index in [1.807, 2.05) is 20.8 Å². The highest BCUT2D eigenvalue weighted by Gasteiger charge is 2.42. The number of fused-ring (bicyclic) bond motifs is 1. The quantitative estimate of drug-likeness (QED) is 0.656. The van der Waals surface area contributed by atoms with E-state index in [9.17, 15) is 18.0 Å². The molecule has 0 radical (unpaired) electrons. The zero-order valence-corrected chi connectivity index (χ0v) is 18.2. The van der Waals surface area contributed by atoms with E-state index in [0.29, 0.717) is 30.0 Å². The molecule has 1 aliphatic rings. The molecule has 2 aromatic rings. The minimum Gasteiger partial charge on any atom is -0.365 e. The van der Waals surface area contributed by atoms with Crippen LogP contribution >= 0.6 is 0 Å². The number of primary amides is 2. The molecule has 0 aliphatic carbocycles. The van der Waals surface area contributed by atoms with E-state index >= 15 is 0 Å². The molecule has 1 aliphatic heterocycles. The molecule has 0 saturated heterocycles. The Bertz CT molecular complexity index is 1100. The van der Waals surface area contributed by atoms with Crippen LogP contribution in [0.1, 0.15) is 42.9 Å². The van der Waals surface area contributed by atoms with Crippen LogP contribution < -0.4 is 16.2 Å². The first-order chi connectivity index (χ1) is 13.9. The number of sulfonamides is 1. The lowest BCUT2D eigenvalue weighted by atomic mass is 9.81. The maximum Gasteiger partial charge on any atom is 0.315 e. The zero-order valence-electron chi connectivity index (χ0n) is 17.3. The molecule has 0 spiro atoms. The largest absolute Gasteiger partial charge is 0.365 e. The van der Waals surface area contributed by atoms with E-state index in [0.717, 1.165) is 0 Å². The minimum absolute atomic E-state index is 0.0887. The lowest BCUT2D eigenvalue weighted by molar-refractivity contribution is 0.0899. The lowest BCUT2D eigenvalue weighted by Crippen LogP contribution is -2.49. The predicted octanol–water partition coefficient (Wildman–Crippen LogP) is 1.04. The van der Waals surface area contributed by atoms with Crippen LogP contribution in [0.2, 0.25) is 0 Å². The fourth-order valence-electron chi connectivity index (χ4n) is 3.87. The Hall–Kier alpha value is -2.92. The van der Waals surface area contributed by atoms with Gasteiger partial charge in [-0.15, -0.1) is 0 Å². The van der Waals surface area contributed by atoms with Crippen LogP contribution in [0.4, 0.5) is 4.79 Å². The Kier molecular flexibility index (Phi) is 5.37. The summed E-state index contributed by atoms with van der Waals surface area (Å²) in [4.78, 5) is 26.2. The average molecular weight is 435 g/mol. The third kappa shape index (κ3) is 3.65. The summed E-state index contributed by atoms with van der Waals surface area (Å²) in [7, 11) is -2.27. The number of carbonyl (C=O) groups excluding carboxylic acids is 2. The van der Waals surface area contributed by atoms with E-state index in [1.54, 1.807) is 16.8 Å². The van der Waals surface area contributed by atoms with Crippen molar-refractivity contribution in [3.05, 3.63) is 35.5 Å². The zero-order chi connectivity index (χ0) is 22.4. The number of benzene rings is 1. The van der Waals surface area contributed by atoms with Crippen molar-refractivity contribution >= 4 is 22.0 Å². The fraction of sp³-hybridized carbons (Fsp3) is 0.421. The van der Waals surface area contributed by atoms with E-state index in [-0.39, 0.29) is 10.5 Å². The summed E-state index contributed by atoms with van der Waals surface area (Å²) in [5, 5.41) is 4.58. The van der Waals surface area contributed by atoms with Crippen molar-refractivity contribution in [1.29, 1.82) is 0 Å². The molecule has 1 atom stereocenters. The normalized spacial score (nSPS) is 16.9. The third-order valence-corrected chi connectivity index (χ3v) is 6.60. The number of amides is 3. The van der Waals surface area contributed by atoms with Gasteiger partial charge in [-0.2, -0.15) is 5.10 Å². The molecule has 30 heavy (non-hydrogen) atoms. The molecule has 10 nitrogen and oxygen atoms in total. The van der Waals surface area contributed by atoms with Crippen molar-refractivity contribution in [2.45, 2.75) is 38.3 Å². The standard InChI is InChI=1S/C19H26N6O4S/c1-19(2,3)16-15-13(17(20)26)14(23-25(15)10-9-24(16)18(21)27)11-5-7-12(8-6-11)30(28,29)22-4/h5-8,16,22H,9-10H2,1-4H3,(H2,20,26)(H2,21,27). The van der Waals surface area contributed by atoms with Crippen LogP contribution in [0, 0.1) is 5.41 Å². The van der Waals surface area contributed by atoms with E-state index in [1.165, 1.54) is 24.1 Å². The van der Waals surface area contributed by atoms with Crippen LogP contribution in [0.25, 0.3) is 11.3 Å². The molecule has 0 fully saturated rings. The summed E-state index contributed by atoms with van der Waals surface area (Å²) in [6.07, 6.45) is 0. The lowest BCUT2D eigenvalue weighted by Gasteiger charge is -2.42. The van der Waals surface area contributed by atoms with Gasteiger partial charge in [-0.25, -0.2) is 17.9 Å². The highest BCUT2D eigenvalue weighted by atomic mass is 32.2. The highest BCUT2D eigenvalue weighted by Crippen LogP contribution is 2.43. The molecule has 3 amide bonds. The van der Waals surface area contributed by atoms with Gasteiger partial charge >= 0.3 is 6.03 Å². The van der Waals surface area contributed by atoms with Crippen molar-refractivity contribution in [2.24, 2.45) is 16.9 Å². The summed E-state index contributed by atoms with van der Waals surface area (Å²) >= 11 is 0. The second-order valence-corrected chi connectivity index (χ2v) is 10.1. The highest BCUT2D eigenvalue weighted by molar-refractivity contribution is 7.89. The van der Waals surface area contributed by atoms with Gasteiger partial charge in [0.05, 0.1) is 28.7 Å². The molecule has 162 valence electrons. The van der Waals surface area contributed by atoms with E-state index in [4.69, 9.17) is 11.5 Å². The van der Waals surface area contributed by atoms with Crippen molar-refractivity contribution in [1.82, 2.24) is 19.4 Å². The first kappa shape index (κ1) is 21.8. The summed E-state index contributed by atoms with van der Waals surface area (Å²) in [5.74, 6) is -0.682. The maximum atomic E-state index is 12.5. The summed E-state index contributed by atoms with van der Waals surface area (Å²) in [6.45, 7) is 6.54. The number of nitrogens with one attached hydrogen (secondary N) is 1. The smallest absolute Gasteiger partial charge is 0.315 e. The number of rotatable bonds is 4. The monoisotopic (exact) mass is 434 g/mol. The van der Waals surface area contributed by atoms with Gasteiger partial charge in [0.2, 0.25) is 10.0 Å². The van der Waals surface area contributed by atoms with E-state index in [2.05, 4.69) is 9.82 Å². The van der Waals surface area contributed by atoms with Crippen LogP contribution in [-0.4, -0.2) is 48.6 Å². The number of carbonyl (C=O) groups is 2. The summed E-state index contributed by atoms with van der Waals surface area (Å²) < 4.78 is 27.9. The van der Waals surface area contributed by atoms with Gasteiger partial charge in [0.25, 0.3) is 5.91 Å². The van der Waals surface area contributed by atoms with Gasteiger partial charge in [0.1, 0.15) is 5.69 Å². The van der Waals surface area contributed by atoms with Crippen molar-refractivity contribution in [3.63, 3.8) is 0 Å². The fourth-order valence-corrected chi connectivity index (χ4v) is 4.60. The predicted molar refractivity (Wildman–Crippen MR) is 111 cm³/mol. The molecule has 0 saturated carbocycles. The summed E-state index contributed by atoms with van der Waals surface area (Å²) in [5.41, 5.74) is 12.5. The molecular weight excluding hydrogens is 408 g/mol. The minimum atomic E-state index is -3.60. The molecule has 0 bridgehead atoms. The van der Waals surface area contributed by atoms with Gasteiger partial charge in [-0.1, -0.05) is 32.9 Å². The Labute approximate surface area is 175 Å². The average Bonchev–Trinajstić information content (AvgIpc) is 3.06. The van der Waals surface area contributed by atoms with Gasteiger partial charge in [-0.3, -0.25) is 9.48 Å². The number of urea groups is 1. The van der Waals surface area contributed by atoms with Crippen molar-refractivity contribution in [3.8, 4) is 11.3 Å². The topological polar surface area (TPSA) is 153 Å². The van der Waals surface area contributed by atoms with Crippen molar-refractivity contribution < 1.29 is 18.0 Å². The number of nitrogens with two attached hydrogens (primary N) is 2. The number of nitrogens with zero attached hydrogens (tertiary/aromatic N) is 3. The van der Waals surface area contributed by atoms with E-state index < -0.39 is 33.4 Å². The van der Waals surface area contributed by atoms with Gasteiger partial charge in [-0.05, 0) is 24.6 Å². The molecular formula is C19H26N6O4S. The first-order valence-electron chi connectivity index (χ1n) is 9.39. The molecule has 5 N–H and O–H groups in total. The molecule has 1 aromatic carbocycles. The van der Waals surface area contributed by atoms with Crippen LogP contribution in [-0.2, 0) is 16.6 Å². The Morgan fingerprint density at radius 1 is 1.13 bits per heavy atom. The van der Waals surface area contributed by atoms with Crippen LogP contribution in [0.5, 0.6) is 0 Å². The first-order valence-corrected chi connectivity index (χ1v) is 10.9. The van der Waals surface area contributed by atoms with Crippen LogP contribution in [0.15, 0.2) is 29.2 Å². The SMILES string of the molecule is CNS(=O)(=O)c1ccc(-c2nn3c(c2C(N)=O)C(C(C)(C)C)N(C(N)=O)CC3)cc1. The van der Waals surface area contributed by atoms with Gasteiger partial charge < -0.3 is 16.4 Å². The molecule has 1 aromatic heterocycles. The second kappa shape index (κ2) is 7.40. The maximum absolute atomic E-state index is 12.5. The summed E-state index contributed by atoms with van der Waals surface area (Å²) in [6, 6.07) is 4.92. The molecule has 1 unspecified atom stereocenters. The number of hydrogen-bond donors (Lipinski definition) is 3. The Morgan fingerprint density at radius 3 is 2.20 bits per heavy atom. The Balaban J connectivity index is 2.21. The van der Waals surface area contributed by atoms with Gasteiger partial charge in [0.15, 0.2) is 0 Å². The third-order valence-electron chi connectivity index (χ3n) is 5.17. The Morgan fingerprint density at radius 2 is 1.73 bits per heavy atom. The molecule has 11 heteroatoms. The van der Waals surface area contributed by atoms with Crippen LogP contribution in [0.3, 0.4) is 0 Å². The number of hydrogen-bond acceptors (Lipinski definition) is 5. The molecule has 3 rings (SSSR count). The number of aromatic nitrogens is 2. The van der Waals surface area contributed by atoms with Crippen molar-refractivity contribution in [2.75, 3.05) is 13.6 Å². The second-order valence-electron chi connectivity index (χ2n) is 8.23. The van der Waals surface area contributed by atoms with Gasteiger partial charge in [0, 0.05) is 12.1 Å².